The van der Waals surface area contributed by atoms with Crippen molar-refractivity contribution >= 4 is 44.9 Å². The van der Waals surface area contributed by atoms with E-state index in [1.807, 2.05) is 0 Å². The molecule has 0 radical (unpaired) electrons. The van der Waals surface area contributed by atoms with Crippen LogP contribution in [0.25, 0.3) is 15.9 Å². The van der Waals surface area contributed by atoms with Gasteiger partial charge in [-0.3, -0.25) is 14.2 Å². The van der Waals surface area contributed by atoms with Gasteiger partial charge in [-0.2, -0.15) is 0 Å². The Hall–Kier alpha value is -3.17. The number of ether oxygens (including phenoxy) is 1. The molecular formula is C21H16FN3O3S2. The molecule has 30 heavy (non-hydrogen) atoms. The van der Waals surface area contributed by atoms with Gasteiger partial charge in [0.2, 0.25) is 5.91 Å². The standard InChI is InChI=1S/C21H16FN3O3S2/c1-28-14-8-6-13(7-9-14)25-20(27)19-17(10-11-29-19)24-21(25)30-12-18(26)23-16-5-3-2-4-15(16)22/h2-11H,12H2,1H3,(H,23,26). The van der Waals surface area contributed by atoms with Crippen molar-refractivity contribution in [3.8, 4) is 11.4 Å². The Labute approximate surface area is 179 Å². The summed E-state index contributed by atoms with van der Waals surface area (Å²) >= 11 is 2.42. The van der Waals surface area contributed by atoms with Crippen molar-refractivity contribution in [1.82, 2.24) is 9.55 Å². The first kappa shape index (κ1) is 20.1. The van der Waals surface area contributed by atoms with Crippen LogP contribution in [0.1, 0.15) is 0 Å². The van der Waals surface area contributed by atoms with E-state index in [1.54, 1.807) is 55.0 Å². The van der Waals surface area contributed by atoms with E-state index >= 15 is 0 Å². The van der Waals surface area contributed by atoms with Crippen molar-refractivity contribution in [3.63, 3.8) is 0 Å². The minimum Gasteiger partial charge on any atom is -0.497 e. The monoisotopic (exact) mass is 441 g/mol. The van der Waals surface area contributed by atoms with E-state index in [9.17, 15) is 14.0 Å². The molecule has 0 aliphatic heterocycles. The number of aromatic nitrogens is 2. The fraction of sp³-hybridized carbons (Fsp3) is 0.0952. The molecule has 4 aromatic rings. The highest BCUT2D eigenvalue weighted by atomic mass is 32.2. The number of amides is 1. The summed E-state index contributed by atoms with van der Waals surface area (Å²) in [6.45, 7) is 0. The molecule has 1 N–H and O–H groups in total. The summed E-state index contributed by atoms with van der Waals surface area (Å²) in [7, 11) is 1.57. The number of carbonyl (C=O) groups excluding carboxylic acids is 1. The van der Waals surface area contributed by atoms with Gasteiger partial charge in [-0.25, -0.2) is 9.37 Å². The zero-order valence-corrected chi connectivity index (χ0v) is 17.4. The lowest BCUT2D eigenvalue weighted by molar-refractivity contribution is -0.113. The lowest BCUT2D eigenvalue weighted by Crippen LogP contribution is -2.22. The Morgan fingerprint density at radius 2 is 1.97 bits per heavy atom. The second-order valence-corrected chi connectivity index (χ2v) is 8.04. The zero-order chi connectivity index (χ0) is 21.1. The van der Waals surface area contributed by atoms with Gasteiger partial charge in [0.1, 0.15) is 16.3 Å². The van der Waals surface area contributed by atoms with Crippen molar-refractivity contribution in [2.45, 2.75) is 5.16 Å². The molecule has 0 unspecified atom stereocenters. The number of methoxy groups -OCH3 is 1. The number of hydrogen-bond donors (Lipinski definition) is 1. The Kier molecular flexibility index (Phi) is 5.82. The number of fused-ring (bicyclic) bond motifs is 1. The van der Waals surface area contributed by atoms with E-state index in [0.717, 1.165) is 11.8 Å². The number of nitrogens with zero attached hydrogens (tertiary/aromatic N) is 2. The highest BCUT2D eigenvalue weighted by molar-refractivity contribution is 7.99. The number of rotatable bonds is 6. The predicted molar refractivity (Wildman–Crippen MR) is 118 cm³/mol. The lowest BCUT2D eigenvalue weighted by atomic mass is 10.3. The minimum absolute atomic E-state index is 0.0351. The highest BCUT2D eigenvalue weighted by Gasteiger charge is 2.16. The van der Waals surface area contributed by atoms with Crippen LogP contribution in [0, 0.1) is 5.82 Å². The summed E-state index contributed by atoms with van der Waals surface area (Å²) in [6.07, 6.45) is 0. The van der Waals surface area contributed by atoms with Crippen LogP contribution in [0.15, 0.2) is 69.9 Å². The fourth-order valence-electron chi connectivity index (χ4n) is 2.83. The summed E-state index contributed by atoms with van der Waals surface area (Å²) in [6, 6.07) is 14.7. The van der Waals surface area contributed by atoms with Crippen molar-refractivity contribution in [1.29, 1.82) is 0 Å². The molecule has 152 valence electrons. The first-order valence-corrected chi connectivity index (χ1v) is 10.7. The van der Waals surface area contributed by atoms with E-state index in [4.69, 9.17) is 4.74 Å². The molecule has 0 spiro atoms. The Balaban J connectivity index is 1.64. The first-order chi connectivity index (χ1) is 14.6. The molecule has 0 saturated heterocycles. The first-order valence-electron chi connectivity index (χ1n) is 8.88. The third-order valence-corrected chi connectivity index (χ3v) is 6.09. The maximum absolute atomic E-state index is 13.8. The molecule has 2 aromatic carbocycles. The normalized spacial score (nSPS) is 10.9. The molecule has 0 saturated carbocycles. The number of nitrogens with one attached hydrogen (secondary N) is 1. The zero-order valence-electron chi connectivity index (χ0n) is 15.8. The largest absolute Gasteiger partial charge is 0.497 e. The average Bonchev–Trinajstić information content (AvgIpc) is 3.23. The Bertz CT molecular complexity index is 1270. The number of thiophene rings is 1. The third kappa shape index (κ3) is 4.07. The van der Waals surface area contributed by atoms with Crippen LogP contribution in [-0.4, -0.2) is 28.3 Å². The smallest absolute Gasteiger partial charge is 0.276 e. The second-order valence-electron chi connectivity index (χ2n) is 6.18. The SMILES string of the molecule is COc1ccc(-n2c(SCC(=O)Nc3ccccc3F)nc3ccsc3c2=O)cc1. The second kappa shape index (κ2) is 8.68. The van der Waals surface area contributed by atoms with Crippen molar-refractivity contribution in [2.75, 3.05) is 18.2 Å². The summed E-state index contributed by atoms with van der Waals surface area (Å²) in [5.41, 5.74) is 1.08. The average molecular weight is 442 g/mol. The van der Waals surface area contributed by atoms with Crippen molar-refractivity contribution < 1.29 is 13.9 Å². The maximum Gasteiger partial charge on any atom is 0.276 e. The summed E-state index contributed by atoms with van der Waals surface area (Å²) in [5.74, 6) is -0.280. The molecule has 6 nitrogen and oxygen atoms in total. The lowest BCUT2D eigenvalue weighted by Gasteiger charge is -2.12. The van der Waals surface area contributed by atoms with Crippen LogP contribution < -0.4 is 15.6 Å². The van der Waals surface area contributed by atoms with Gasteiger partial charge in [0.15, 0.2) is 5.16 Å². The summed E-state index contributed by atoms with van der Waals surface area (Å²) < 4.78 is 20.9. The molecule has 4 rings (SSSR count). The van der Waals surface area contributed by atoms with Gasteiger partial charge in [0, 0.05) is 0 Å². The molecule has 0 bridgehead atoms. The Morgan fingerprint density at radius 3 is 2.70 bits per heavy atom. The number of anilines is 1. The van der Waals surface area contributed by atoms with Gasteiger partial charge in [0.05, 0.1) is 29.8 Å². The molecular weight excluding hydrogens is 425 g/mol. The van der Waals surface area contributed by atoms with Crippen molar-refractivity contribution in [2.24, 2.45) is 0 Å². The molecule has 2 aromatic heterocycles. The number of benzene rings is 2. The van der Waals surface area contributed by atoms with Crippen LogP contribution >= 0.6 is 23.1 Å². The van der Waals surface area contributed by atoms with Crippen LogP contribution in [0.3, 0.4) is 0 Å². The van der Waals surface area contributed by atoms with Crippen LogP contribution in [0.4, 0.5) is 10.1 Å². The number of hydrogen-bond acceptors (Lipinski definition) is 6. The van der Waals surface area contributed by atoms with Gasteiger partial charge in [0.25, 0.3) is 5.56 Å². The molecule has 0 fully saturated rings. The Morgan fingerprint density at radius 1 is 1.20 bits per heavy atom. The minimum atomic E-state index is -0.510. The molecule has 2 heterocycles. The fourth-order valence-corrected chi connectivity index (χ4v) is 4.40. The number of para-hydroxylation sites is 1. The van der Waals surface area contributed by atoms with Gasteiger partial charge in [-0.05, 0) is 47.8 Å². The third-order valence-electron chi connectivity index (χ3n) is 4.26. The van der Waals surface area contributed by atoms with E-state index in [2.05, 4.69) is 10.3 Å². The molecule has 0 aliphatic carbocycles. The van der Waals surface area contributed by atoms with Crippen LogP contribution in [-0.2, 0) is 4.79 Å². The highest BCUT2D eigenvalue weighted by Crippen LogP contribution is 2.25. The summed E-state index contributed by atoms with van der Waals surface area (Å²) in [5, 5.41) is 4.71. The number of carbonyl (C=O) groups is 1. The van der Waals surface area contributed by atoms with Crippen LogP contribution in [0.2, 0.25) is 0 Å². The predicted octanol–water partition coefficient (Wildman–Crippen LogP) is 4.33. The van der Waals surface area contributed by atoms with Crippen LogP contribution in [0.5, 0.6) is 5.75 Å². The van der Waals surface area contributed by atoms with Gasteiger partial charge in [-0.1, -0.05) is 23.9 Å². The van der Waals surface area contributed by atoms with E-state index in [0.29, 0.717) is 26.8 Å². The molecule has 9 heteroatoms. The van der Waals surface area contributed by atoms with E-state index < -0.39 is 11.7 Å². The molecule has 0 atom stereocenters. The molecule has 0 aliphatic rings. The molecule has 1 amide bonds. The van der Waals surface area contributed by atoms with Gasteiger partial charge < -0.3 is 10.1 Å². The topological polar surface area (TPSA) is 73.2 Å². The van der Waals surface area contributed by atoms with E-state index in [1.165, 1.54) is 28.0 Å². The van der Waals surface area contributed by atoms with Gasteiger partial charge in [-0.15, -0.1) is 11.3 Å². The van der Waals surface area contributed by atoms with Gasteiger partial charge >= 0.3 is 0 Å². The number of halogens is 1. The van der Waals surface area contributed by atoms with E-state index in [-0.39, 0.29) is 17.0 Å². The number of thioether (sulfide) groups is 1. The van der Waals surface area contributed by atoms with Crippen molar-refractivity contribution in [3.05, 3.63) is 76.1 Å². The maximum atomic E-state index is 13.8. The quantitative estimate of drug-likeness (QED) is 0.356. The summed E-state index contributed by atoms with van der Waals surface area (Å²) in [4.78, 5) is 30.0.